The van der Waals surface area contributed by atoms with Gasteiger partial charge in [-0.05, 0) is 49.2 Å². The zero-order valence-corrected chi connectivity index (χ0v) is 16.1. The highest BCUT2D eigenvalue weighted by Gasteiger charge is 2.30. The number of methoxy groups -OCH3 is 1. The van der Waals surface area contributed by atoms with Gasteiger partial charge in [0.2, 0.25) is 0 Å². The first-order valence-corrected chi connectivity index (χ1v) is 10.1. The number of amides is 2. The molecule has 1 N–H and O–H groups in total. The van der Waals surface area contributed by atoms with Gasteiger partial charge in [-0.15, -0.1) is 0 Å². The van der Waals surface area contributed by atoms with E-state index in [1.807, 2.05) is 23.1 Å². The Kier molecular flexibility index (Phi) is 5.48. The minimum absolute atomic E-state index is 0.0319. The first kappa shape index (κ1) is 18.1. The molecular formula is C22H29N3O2. The highest BCUT2D eigenvalue weighted by molar-refractivity contribution is 5.88. The molecule has 0 saturated carbocycles. The number of carbonyl (C=O) groups is 1. The summed E-state index contributed by atoms with van der Waals surface area (Å²) in [6, 6.07) is 12.8. The van der Waals surface area contributed by atoms with Crippen LogP contribution in [-0.4, -0.2) is 55.2 Å². The van der Waals surface area contributed by atoms with Crippen LogP contribution >= 0.6 is 0 Å². The van der Waals surface area contributed by atoms with Crippen molar-refractivity contribution < 1.29 is 9.53 Å². The summed E-state index contributed by atoms with van der Waals surface area (Å²) in [7, 11) is 1.68. The highest BCUT2D eigenvalue weighted by atomic mass is 16.5. The van der Waals surface area contributed by atoms with Crippen LogP contribution in [0.3, 0.4) is 0 Å². The standard InChI is InChI=1S/C22H29N3O2/c1-27-21-10-9-17-7-3-4-8-19(17)20(21)15-23-22(26)25-14-11-18(16-25)24-12-5-2-6-13-24/h3-4,7-10,18H,2,5-6,11-16H2,1H3,(H,23,26). The van der Waals surface area contributed by atoms with Crippen LogP contribution in [0.4, 0.5) is 4.79 Å². The molecule has 2 heterocycles. The molecule has 0 radical (unpaired) electrons. The number of ether oxygens (including phenoxy) is 1. The van der Waals surface area contributed by atoms with Crippen LogP contribution in [0.25, 0.3) is 10.8 Å². The summed E-state index contributed by atoms with van der Waals surface area (Å²) in [5.74, 6) is 0.821. The first-order valence-electron chi connectivity index (χ1n) is 10.1. The van der Waals surface area contributed by atoms with E-state index in [1.54, 1.807) is 7.11 Å². The maximum atomic E-state index is 12.7. The summed E-state index contributed by atoms with van der Waals surface area (Å²) in [5, 5.41) is 5.41. The minimum Gasteiger partial charge on any atom is -0.496 e. The van der Waals surface area contributed by atoms with Crippen molar-refractivity contribution in [1.29, 1.82) is 0 Å². The van der Waals surface area contributed by atoms with Crippen LogP contribution in [0, 0.1) is 0 Å². The van der Waals surface area contributed by atoms with Gasteiger partial charge in [-0.25, -0.2) is 4.79 Å². The van der Waals surface area contributed by atoms with E-state index in [1.165, 1.54) is 32.4 Å². The molecule has 0 spiro atoms. The third-order valence-electron chi connectivity index (χ3n) is 5.99. The average molecular weight is 367 g/mol. The second-order valence-corrected chi connectivity index (χ2v) is 7.61. The van der Waals surface area contributed by atoms with E-state index in [9.17, 15) is 4.79 Å². The summed E-state index contributed by atoms with van der Waals surface area (Å²) >= 11 is 0. The van der Waals surface area contributed by atoms with Gasteiger partial charge in [-0.2, -0.15) is 0 Å². The summed E-state index contributed by atoms with van der Waals surface area (Å²) < 4.78 is 5.54. The van der Waals surface area contributed by atoms with E-state index in [-0.39, 0.29) is 6.03 Å². The van der Waals surface area contributed by atoms with Crippen molar-refractivity contribution in [2.45, 2.75) is 38.3 Å². The monoisotopic (exact) mass is 367 g/mol. The molecule has 4 rings (SSSR count). The van der Waals surface area contributed by atoms with Crippen molar-refractivity contribution in [1.82, 2.24) is 15.1 Å². The SMILES string of the molecule is COc1ccc2ccccc2c1CNC(=O)N1CCC(N2CCCCC2)C1. The number of hydrogen-bond donors (Lipinski definition) is 1. The Morgan fingerprint density at radius 1 is 1.11 bits per heavy atom. The van der Waals surface area contributed by atoms with Gasteiger partial charge in [0.05, 0.1) is 7.11 Å². The van der Waals surface area contributed by atoms with E-state index in [0.717, 1.165) is 41.6 Å². The molecule has 1 atom stereocenters. The molecule has 2 aliphatic heterocycles. The van der Waals surface area contributed by atoms with Gasteiger partial charge in [0.15, 0.2) is 0 Å². The third-order valence-corrected chi connectivity index (χ3v) is 5.99. The van der Waals surface area contributed by atoms with Gasteiger partial charge >= 0.3 is 6.03 Å². The largest absolute Gasteiger partial charge is 0.496 e. The molecule has 0 bridgehead atoms. The van der Waals surface area contributed by atoms with Crippen molar-refractivity contribution in [3.05, 3.63) is 42.0 Å². The number of benzene rings is 2. The van der Waals surface area contributed by atoms with Crippen LogP contribution in [0.1, 0.15) is 31.2 Å². The number of nitrogens with zero attached hydrogens (tertiary/aromatic N) is 2. The molecule has 5 nitrogen and oxygen atoms in total. The van der Waals surface area contributed by atoms with Crippen molar-refractivity contribution >= 4 is 16.8 Å². The normalized spacial score (nSPS) is 20.8. The molecule has 144 valence electrons. The highest BCUT2D eigenvalue weighted by Crippen LogP contribution is 2.28. The van der Waals surface area contributed by atoms with Crippen LogP contribution < -0.4 is 10.1 Å². The molecule has 2 aromatic rings. The Morgan fingerprint density at radius 2 is 1.93 bits per heavy atom. The second kappa shape index (κ2) is 8.17. The van der Waals surface area contributed by atoms with Crippen LogP contribution in [0.2, 0.25) is 0 Å². The molecule has 2 aromatic carbocycles. The molecule has 2 fully saturated rings. The van der Waals surface area contributed by atoms with Crippen LogP contribution in [-0.2, 0) is 6.54 Å². The Balaban J connectivity index is 1.40. The summed E-state index contributed by atoms with van der Waals surface area (Å²) in [6.45, 7) is 4.55. The van der Waals surface area contributed by atoms with Crippen molar-refractivity contribution in [2.24, 2.45) is 0 Å². The average Bonchev–Trinajstić information content (AvgIpc) is 3.22. The van der Waals surface area contributed by atoms with Gasteiger partial charge < -0.3 is 15.0 Å². The lowest BCUT2D eigenvalue weighted by Gasteiger charge is -2.32. The van der Waals surface area contributed by atoms with E-state index in [4.69, 9.17) is 4.74 Å². The lowest BCUT2D eigenvalue weighted by molar-refractivity contribution is 0.161. The zero-order valence-electron chi connectivity index (χ0n) is 16.1. The Hall–Kier alpha value is -2.27. The smallest absolute Gasteiger partial charge is 0.317 e. The fraction of sp³-hybridized carbons (Fsp3) is 0.500. The number of nitrogens with one attached hydrogen (secondary N) is 1. The van der Waals surface area contributed by atoms with Crippen molar-refractivity contribution in [3.63, 3.8) is 0 Å². The molecule has 2 saturated heterocycles. The maximum Gasteiger partial charge on any atom is 0.317 e. The number of urea groups is 1. The van der Waals surface area contributed by atoms with E-state index in [2.05, 4.69) is 28.4 Å². The molecule has 5 heteroatoms. The second-order valence-electron chi connectivity index (χ2n) is 7.61. The van der Waals surface area contributed by atoms with Crippen molar-refractivity contribution in [3.8, 4) is 5.75 Å². The summed E-state index contributed by atoms with van der Waals surface area (Å²) in [5.41, 5.74) is 1.04. The molecule has 0 aromatic heterocycles. The van der Waals surface area contributed by atoms with E-state index in [0.29, 0.717) is 12.6 Å². The molecule has 2 amide bonds. The fourth-order valence-corrected chi connectivity index (χ4v) is 4.47. The maximum absolute atomic E-state index is 12.7. The van der Waals surface area contributed by atoms with Gasteiger partial charge in [0.25, 0.3) is 0 Å². The predicted octanol–water partition coefficient (Wildman–Crippen LogP) is 3.62. The number of piperidine rings is 1. The number of fused-ring (bicyclic) bond motifs is 1. The third kappa shape index (κ3) is 3.88. The quantitative estimate of drug-likeness (QED) is 0.898. The summed E-state index contributed by atoms with van der Waals surface area (Å²) in [6.07, 6.45) is 5.03. The molecular weight excluding hydrogens is 338 g/mol. The van der Waals surface area contributed by atoms with Crippen LogP contribution in [0.5, 0.6) is 5.75 Å². The first-order chi connectivity index (χ1) is 13.3. The lowest BCUT2D eigenvalue weighted by atomic mass is 10.0. The topological polar surface area (TPSA) is 44.8 Å². The van der Waals surface area contributed by atoms with Gasteiger partial charge in [0, 0.05) is 31.2 Å². The minimum atomic E-state index is 0.0319. The molecule has 0 aliphatic carbocycles. The molecule has 2 aliphatic rings. The Bertz CT molecular complexity index is 801. The molecule has 27 heavy (non-hydrogen) atoms. The van der Waals surface area contributed by atoms with Gasteiger partial charge in [-0.3, -0.25) is 4.90 Å². The number of carbonyl (C=O) groups excluding carboxylic acids is 1. The van der Waals surface area contributed by atoms with E-state index < -0.39 is 0 Å². The predicted molar refractivity (Wildman–Crippen MR) is 108 cm³/mol. The summed E-state index contributed by atoms with van der Waals surface area (Å²) in [4.78, 5) is 17.3. The number of likely N-dealkylation sites (tertiary alicyclic amines) is 2. The Morgan fingerprint density at radius 3 is 2.74 bits per heavy atom. The van der Waals surface area contributed by atoms with E-state index >= 15 is 0 Å². The van der Waals surface area contributed by atoms with Gasteiger partial charge in [0.1, 0.15) is 5.75 Å². The zero-order chi connectivity index (χ0) is 18.6. The lowest BCUT2D eigenvalue weighted by Crippen LogP contribution is -2.43. The van der Waals surface area contributed by atoms with Crippen molar-refractivity contribution in [2.75, 3.05) is 33.3 Å². The van der Waals surface area contributed by atoms with Gasteiger partial charge in [-0.1, -0.05) is 36.8 Å². The number of hydrogen-bond acceptors (Lipinski definition) is 3. The fourth-order valence-electron chi connectivity index (χ4n) is 4.47. The Labute approximate surface area is 161 Å². The number of rotatable bonds is 4. The molecule has 1 unspecified atom stereocenters. The van der Waals surface area contributed by atoms with Crippen LogP contribution in [0.15, 0.2) is 36.4 Å².